The summed E-state index contributed by atoms with van der Waals surface area (Å²) in [7, 11) is 0. The van der Waals surface area contributed by atoms with Gasteiger partial charge in [0.05, 0.1) is 44.2 Å². The standard InChI is InChI=1S/C15H24N4O12/c16-14(3-9(24)25,4-10(26)27)13(1-7(20)21,2-8(22)23)15(17,18)19(5-11(28)29)6-12(30)31/h1-6,16-18H2,(H,20,21)(H,22,23)(H,24,25)(H,26,27)(H,28,29)(H,30,31). The number of rotatable bonds is 15. The fourth-order valence-electron chi connectivity index (χ4n) is 3.50. The Bertz CT molecular complexity index is 717. The quantitative estimate of drug-likeness (QED) is 0.109. The summed E-state index contributed by atoms with van der Waals surface area (Å²) in [5.41, 5.74) is 12.2. The van der Waals surface area contributed by atoms with Gasteiger partial charge >= 0.3 is 35.8 Å². The molecule has 176 valence electrons. The van der Waals surface area contributed by atoms with Gasteiger partial charge in [-0.1, -0.05) is 0 Å². The number of nitrogens with zero attached hydrogens (tertiary/aromatic N) is 1. The Kier molecular flexibility index (Phi) is 9.02. The molecule has 12 N–H and O–H groups in total. The molecule has 0 bridgehead atoms. The van der Waals surface area contributed by atoms with Gasteiger partial charge in [0.25, 0.3) is 0 Å². The lowest BCUT2D eigenvalue weighted by molar-refractivity contribution is -0.173. The van der Waals surface area contributed by atoms with Crippen molar-refractivity contribution in [1.82, 2.24) is 4.90 Å². The molecule has 0 atom stereocenters. The highest BCUT2D eigenvalue weighted by Crippen LogP contribution is 2.48. The monoisotopic (exact) mass is 452 g/mol. The summed E-state index contributed by atoms with van der Waals surface area (Å²) in [6.07, 6.45) is -5.55. The summed E-state index contributed by atoms with van der Waals surface area (Å²) in [5.74, 6) is -13.7. The molecule has 31 heavy (non-hydrogen) atoms. The van der Waals surface area contributed by atoms with Crippen molar-refractivity contribution in [2.75, 3.05) is 13.1 Å². The smallest absolute Gasteiger partial charge is 0.317 e. The molecule has 16 nitrogen and oxygen atoms in total. The second kappa shape index (κ2) is 10.1. The van der Waals surface area contributed by atoms with Crippen molar-refractivity contribution in [3.05, 3.63) is 0 Å². The first-order valence-electron chi connectivity index (χ1n) is 8.32. The zero-order valence-corrected chi connectivity index (χ0v) is 16.1. The van der Waals surface area contributed by atoms with E-state index in [0.29, 0.717) is 0 Å². The maximum absolute atomic E-state index is 11.6. The number of carbonyl (C=O) groups is 6. The Morgan fingerprint density at radius 2 is 0.839 bits per heavy atom. The highest BCUT2D eigenvalue weighted by molar-refractivity contribution is 5.78. The van der Waals surface area contributed by atoms with Gasteiger partial charge in [0, 0.05) is 5.54 Å². The molecule has 0 amide bonds. The number of hydrogen-bond acceptors (Lipinski definition) is 10. The van der Waals surface area contributed by atoms with Gasteiger partial charge in [-0.2, -0.15) is 0 Å². The summed E-state index contributed by atoms with van der Waals surface area (Å²) in [5, 5.41) is 55.4. The van der Waals surface area contributed by atoms with Gasteiger partial charge in [-0.05, 0) is 0 Å². The molecule has 0 saturated heterocycles. The Morgan fingerprint density at radius 1 is 0.548 bits per heavy atom. The fourth-order valence-corrected chi connectivity index (χ4v) is 3.50. The second-order valence-electron chi connectivity index (χ2n) is 6.99. The minimum Gasteiger partial charge on any atom is -0.481 e. The van der Waals surface area contributed by atoms with Crippen molar-refractivity contribution >= 4 is 35.8 Å². The number of aliphatic carboxylic acids is 6. The third kappa shape index (κ3) is 6.85. The molecule has 0 aliphatic heterocycles. The first-order chi connectivity index (χ1) is 13.9. The highest BCUT2D eigenvalue weighted by atomic mass is 16.4. The molecule has 16 heteroatoms. The molecule has 0 aliphatic rings. The predicted octanol–water partition coefficient (Wildman–Crippen LogP) is -3.39. The molecule has 0 rings (SSSR count). The van der Waals surface area contributed by atoms with Crippen LogP contribution in [-0.2, 0) is 28.8 Å². The van der Waals surface area contributed by atoms with E-state index in [2.05, 4.69) is 0 Å². The SMILES string of the molecule is NC(CC(=O)O)(CC(=O)O)C(CC(=O)O)(CC(=O)O)C(N)(N)N(CC(=O)O)CC(=O)O. The zero-order chi connectivity index (χ0) is 24.8. The van der Waals surface area contributed by atoms with E-state index in [1.54, 1.807) is 0 Å². The van der Waals surface area contributed by atoms with Crippen LogP contribution in [0, 0.1) is 5.41 Å². The van der Waals surface area contributed by atoms with Crippen LogP contribution in [0.5, 0.6) is 0 Å². The number of carboxylic acid groups (broad SMARTS) is 6. The lowest BCUT2D eigenvalue weighted by atomic mass is 9.58. The molecule has 0 aromatic heterocycles. The van der Waals surface area contributed by atoms with Crippen molar-refractivity contribution in [3.63, 3.8) is 0 Å². The fraction of sp³-hybridized carbons (Fsp3) is 0.600. The summed E-state index contributed by atoms with van der Waals surface area (Å²) in [4.78, 5) is 68.8. The number of carboxylic acids is 6. The van der Waals surface area contributed by atoms with Gasteiger partial charge in [0.15, 0.2) is 0 Å². The molecular weight excluding hydrogens is 428 g/mol. The summed E-state index contributed by atoms with van der Waals surface area (Å²) in [6.45, 7) is -2.51. The van der Waals surface area contributed by atoms with E-state index < -0.39 is 91.3 Å². The average molecular weight is 452 g/mol. The van der Waals surface area contributed by atoms with E-state index in [4.69, 9.17) is 27.4 Å². The van der Waals surface area contributed by atoms with E-state index in [0.717, 1.165) is 0 Å². The van der Waals surface area contributed by atoms with Gasteiger partial charge in [0.1, 0.15) is 5.79 Å². The Hall–Kier alpha value is -3.34. The zero-order valence-electron chi connectivity index (χ0n) is 16.1. The number of nitrogens with two attached hydrogens (primary N) is 3. The molecule has 0 aromatic rings. The van der Waals surface area contributed by atoms with E-state index >= 15 is 0 Å². The molecule has 0 aromatic carbocycles. The summed E-state index contributed by atoms with van der Waals surface area (Å²) >= 11 is 0. The van der Waals surface area contributed by atoms with E-state index in [-0.39, 0.29) is 4.90 Å². The highest BCUT2D eigenvalue weighted by Gasteiger charge is 2.64. The molecule has 0 fully saturated rings. The maximum Gasteiger partial charge on any atom is 0.317 e. The second-order valence-corrected chi connectivity index (χ2v) is 6.99. The average Bonchev–Trinajstić information content (AvgIpc) is 2.49. The molecule has 0 aliphatic carbocycles. The van der Waals surface area contributed by atoms with Crippen LogP contribution < -0.4 is 17.2 Å². The van der Waals surface area contributed by atoms with Crippen LogP contribution in [0.1, 0.15) is 25.7 Å². The van der Waals surface area contributed by atoms with Gasteiger partial charge < -0.3 is 47.8 Å². The summed E-state index contributed by atoms with van der Waals surface area (Å²) in [6, 6.07) is 0. The van der Waals surface area contributed by atoms with Crippen LogP contribution in [-0.4, -0.2) is 95.8 Å². The molecule has 0 saturated carbocycles. The largest absolute Gasteiger partial charge is 0.481 e. The Morgan fingerprint density at radius 3 is 1.06 bits per heavy atom. The van der Waals surface area contributed by atoms with Crippen molar-refractivity contribution in [2.45, 2.75) is 37.0 Å². The molecule has 0 radical (unpaired) electrons. The molecular formula is C15H24N4O12. The minimum absolute atomic E-state index is 0.273. The third-order valence-electron chi connectivity index (χ3n) is 4.73. The van der Waals surface area contributed by atoms with Crippen LogP contribution in [0.3, 0.4) is 0 Å². The van der Waals surface area contributed by atoms with Gasteiger partial charge in [-0.25, -0.2) is 0 Å². The molecule has 0 heterocycles. The minimum atomic E-state index is -3.03. The predicted molar refractivity (Wildman–Crippen MR) is 96.3 cm³/mol. The van der Waals surface area contributed by atoms with Crippen molar-refractivity contribution in [1.29, 1.82) is 0 Å². The van der Waals surface area contributed by atoms with E-state index in [9.17, 15) is 49.2 Å². The van der Waals surface area contributed by atoms with Crippen LogP contribution in [0.15, 0.2) is 0 Å². The normalized spacial score (nSPS) is 12.4. The van der Waals surface area contributed by atoms with Crippen molar-refractivity contribution in [3.8, 4) is 0 Å². The van der Waals surface area contributed by atoms with Crippen LogP contribution in [0.2, 0.25) is 0 Å². The van der Waals surface area contributed by atoms with Gasteiger partial charge in [-0.15, -0.1) is 0 Å². The van der Waals surface area contributed by atoms with Gasteiger partial charge in [-0.3, -0.25) is 33.7 Å². The van der Waals surface area contributed by atoms with E-state index in [1.165, 1.54) is 0 Å². The van der Waals surface area contributed by atoms with Crippen molar-refractivity contribution in [2.24, 2.45) is 22.6 Å². The lowest BCUT2D eigenvalue weighted by Crippen LogP contribution is -2.81. The maximum atomic E-state index is 11.6. The van der Waals surface area contributed by atoms with Crippen molar-refractivity contribution < 1.29 is 59.4 Å². The van der Waals surface area contributed by atoms with Crippen LogP contribution in [0.4, 0.5) is 0 Å². The third-order valence-corrected chi connectivity index (χ3v) is 4.73. The Balaban J connectivity index is 7.26. The topological polar surface area (TPSA) is 305 Å². The van der Waals surface area contributed by atoms with Gasteiger partial charge in [0.2, 0.25) is 0 Å². The Labute approximate surface area is 173 Å². The van der Waals surface area contributed by atoms with Crippen LogP contribution in [0.25, 0.3) is 0 Å². The first kappa shape index (κ1) is 27.7. The number of hydrogen-bond donors (Lipinski definition) is 9. The van der Waals surface area contributed by atoms with Crippen LogP contribution >= 0.6 is 0 Å². The molecule has 0 unspecified atom stereocenters. The molecule has 0 spiro atoms. The first-order valence-corrected chi connectivity index (χ1v) is 8.32. The van der Waals surface area contributed by atoms with E-state index in [1.807, 2.05) is 0 Å². The lowest BCUT2D eigenvalue weighted by Gasteiger charge is -2.57. The summed E-state index contributed by atoms with van der Waals surface area (Å²) < 4.78 is 0.